The van der Waals surface area contributed by atoms with Crippen LogP contribution in [0.1, 0.15) is 21.6 Å². The summed E-state index contributed by atoms with van der Waals surface area (Å²) in [5.41, 5.74) is 4.97. The summed E-state index contributed by atoms with van der Waals surface area (Å²) in [5, 5.41) is 7.59. The Kier molecular flexibility index (Phi) is 2.57. The molecule has 6 heteroatoms. The summed E-state index contributed by atoms with van der Waals surface area (Å²) in [5.74, 6) is 0.337. The number of halogens is 1. The quantitative estimate of drug-likeness (QED) is 0.807. The van der Waals surface area contributed by atoms with Crippen molar-refractivity contribution >= 4 is 17.5 Å². The normalized spacial score (nSPS) is 19.9. The Bertz CT molecular complexity index is 709. The minimum absolute atomic E-state index is 0.0464. The molecule has 2 aromatic heterocycles. The van der Waals surface area contributed by atoms with Gasteiger partial charge in [-0.25, -0.2) is 0 Å². The minimum atomic E-state index is -0.0619. The summed E-state index contributed by atoms with van der Waals surface area (Å²) in [6.45, 7) is 0.637. The van der Waals surface area contributed by atoms with Crippen LogP contribution in [-0.4, -0.2) is 32.6 Å². The average molecular weight is 289 g/mol. The van der Waals surface area contributed by atoms with Gasteiger partial charge in [-0.15, -0.1) is 11.6 Å². The van der Waals surface area contributed by atoms with E-state index in [1.165, 1.54) is 5.56 Å². The first-order valence-corrected chi connectivity index (χ1v) is 7.21. The van der Waals surface area contributed by atoms with Crippen molar-refractivity contribution in [2.75, 3.05) is 5.88 Å². The van der Waals surface area contributed by atoms with Gasteiger partial charge in [0.15, 0.2) is 0 Å². The van der Waals surface area contributed by atoms with E-state index in [2.05, 4.69) is 15.4 Å². The summed E-state index contributed by atoms with van der Waals surface area (Å²) < 4.78 is 1.81. The predicted octanol–water partition coefficient (Wildman–Crippen LogP) is 1.39. The number of amides is 1. The van der Waals surface area contributed by atoms with Gasteiger partial charge in [0, 0.05) is 29.4 Å². The summed E-state index contributed by atoms with van der Waals surface area (Å²) >= 11 is 5.86. The van der Waals surface area contributed by atoms with Crippen LogP contribution in [0.25, 0.3) is 11.3 Å². The molecule has 3 heterocycles. The Labute approximate surface area is 121 Å². The lowest BCUT2D eigenvalue weighted by Crippen LogP contribution is -2.45. The molecule has 0 saturated carbocycles. The molecule has 0 aromatic carbocycles. The predicted molar refractivity (Wildman–Crippen MR) is 74.8 cm³/mol. The fourth-order valence-electron chi connectivity index (χ4n) is 3.05. The molecule has 0 fully saturated rings. The van der Waals surface area contributed by atoms with Crippen LogP contribution in [0.4, 0.5) is 0 Å². The molecule has 0 spiro atoms. The third-order valence-electron chi connectivity index (χ3n) is 3.98. The fraction of sp³-hybridized carbons (Fsp3) is 0.357. The maximum atomic E-state index is 12.3. The molecular weight excluding hydrogens is 276 g/mol. The molecule has 4 rings (SSSR count). The van der Waals surface area contributed by atoms with E-state index >= 15 is 0 Å². The number of rotatable bonds is 1. The van der Waals surface area contributed by atoms with Gasteiger partial charge in [0.25, 0.3) is 5.91 Å². The van der Waals surface area contributed by atoms with Gasteiger partial charge in [0.1, 0.15) is 5.69 Å². The van der Waals surface area contributed by atoms with Crippen LogP contribution >= 0.6 is 11.6 Å². The van der Waals surface area contributed by atoms with Crippen molar-refractivity contribution in [3.63, 3.8) is 0 Å². The van der Waals surface area contributed by atoms with Gasteiger partial charge in [-0.05, 0) is 24.5 Å². The molecule has 1 atom stereocenters. The monoisotopic (exact) mass is 288 g/mol. The van der Waals surface area contributed by atoms with E-state index in [-0.39, 0.29) is 11.9 Å². The van der Waals surface area contributed by atoms with Gasteiger partial charge in [0.2, 0.25) is 0 Å². The molecule has 20 heavy (non-hydrogen) atoms. The molecule has 1 amide bonds. The molecule has 0 saturated heterocycles. The summed E-state index contributed by atoms with van der Waals surface area (Å²) in [6, 6.07) is 1.93. The molecule has 0 bridgehead atoms. The second kappa shape index (κ2) is 4.31. The number of hydrogen-bond donors (Lipinski definition) is 1. The number of hydrogen-bond acceptors (Lipinski definition) is 3. The van der Waals surface area contributed by atoms with Crippen LogP contribution in [0.2, 0.25) is 0 Å². The first-order valence-electron chi connectivity index (χ1n) is 6.67. The van der Waals surface area contributed by atoms with Gasteiger partial charge in [-0.2, -0.15) is 5.10 Å². The number of carbonyl (C=O) groups is 1. The fourth-order valence-corrected chi connectivity index (χ4v) is 3.23. The second-order valence-electron chi connectivity index (χ2n) is 5.22. The van der Waals surface area contributed by atoms with Crippen LogP contribution in [0, 0.1) is 0 Å². The highest BCUT2D eigenvalue weighted by atomic mass is 35.5. The maximum absolute atomic E-state index is 12.3. The number of nitrogens with one attached hydrogen (secondary N) is 1. The van der Waals surface area contributed by atoms with Crippen LogP contribution in [0.15, 0.2) is 18.5 Å². The molecule has 2 aliphatic rings. The SMILES string of the molecule is O=C1NC(CCl)Cn2nc3c(c21)CCc1cnccc1-3. The van der Waals surface area contributed by atoms with E-state index < -0.39 is 0 Å². The zero-order chi connectivity index (χ0) is 13.7. The molecule has 1 unspecified atom stereocenters. The Balaban J connectivity index is 1.89. The molecule has 5 nitrogen and oxygen atoms in total. The Hall–Kier alpha value is -1.88. The summed E-state index contributed by atoms with van der Waals surface area (Å²) in [6.07, 6.45) is 5.40. The molecule has 1 aliphatic carbocycles. The summed E-state index contributed by atoms with van der Waals surface area (Å²) in [4.78, 5) is 16.4. The smallest absolute Gasteiger partial charge is 0.270 e. The zero-order valence-corrected chi connectivity index (χ0v) is 11.5. The van der Waals surface area contributed by atoms with Crippen molar-refractivity contribution < 1.29 is 4.79 Å². The van der Waals surface area contributed by atoms with Crippen molar-refractivity contribution in [3.8, 4) is 11.3 Å². The Morgan fingerprint density at radius 2 is 2.35 bits per heavy atom. The van der Waals surface area contributed by atoms with E-state index in [0.29, 0.717) is 18.1 Å². The highest BCUT2D eigenvalue weighted by Crippen LogP contribution is 2.34. The maximum Gasteiger partial charge on any atom is 0.270 e. The number of pyridine rings is 1. The van der Waals surface area contributed by atoms with Crippen LogP contribution in [-0.2, 0) is 19.4 Å². The minimum Gasteiger partial charge on any atom is -0.345 e. The first-order chi connectivity index (χ1) is 9.78. The number of nitrogens with zero attached hydrogens (tertiary/aromatic N) is 3. The third kappa shape index (κ3) is 1.59. The van der Waals surface area contributed by atoms with E-state index in [1.807, 2.05) is 16.9 Å². The third-order valence-corrected chi connectivity index (χ3v) is 4.36. The van der Waals surface area contributed by atoms with Gasteiger partial charge in [-0.3, -0.25) is 14.5 Å². The number of alkyl halides is 1. The highest BCUT2D eigenvalue weighted by molar-refractivity contribution is 6.18. The first kappa shape index (κ1) is 11.9. The molecule has 0 radical (unpaired) electrons. The van der Waals surface area contributed by atoms with E-state index in [1.54, 1.807) is 6.20 Å². The number of aryl methyl sites for hydroxylation is 1. The van der Waals surface area contributed by atoms with E-state index in [0.717, 1.165) is 29.7 Å². The largest absolute Gasteiger partial charge is 0.345 e. The van der Waals surface area contributed by atoms with Crippen LogP contribution in [0.5, 0.6) is 0 Å². The number of aromatic nitrogens is 3. The zero-order valence-electron chi connectivity index (χ0n) is 10.8. The van der Waals surface area contributed by atoms with Gasteiger partial charge in [-0.1, -0.05) is 0 Å². The topological polar surface area (TPSA) is 59.8 Å². The van der Waals surface area contributed by atoms with Gasteiger partial charge in [0.05, 0.1) is 18.3 Å². The van der Waals surface area contributed by atoms with Crippen molar-refractivity contribution in [1.29, 1.82) is 0 Å². The number of fused-ring (bicyclic) bond motifs is 5. The average Bonchev–Trinajstić information content (AvgIpc) is 2.86. The lowest BCUT2D eigenvalue weighted by Gasteiger charge is -2.23. The van der Waals surface area contributed by atoms with Crippen molar-refractivity contribution in [1.82, 2.24) is 20.1 Å². The number of carbonyl (C=O) groups excluding carboxylic acids is 1. The molecule has 2 aromatic rings. The van der Waals surface area contributed by atoms with Crippen molar-refractivity contribution in [3.05, 3.63) is 35.3 Å². The van der Waals surface area contributed by atoms with Crippen molar-refractivity contribution in [2.45, 2.75) is 25.4 Å². The lowest BCUT2D eigenvalue weighted by atomic mass is 9.90. The Morgan fingerprint density at radius 1 is 1.45 bits per heavy atom. The van der Waals surface area contributed by atoms with Crippen LogP contribution < -0.4 is 5.32 Å². The summed E-state index contributed by atoms with van der Waals surface area (Å²) in [7, 11) is 0. The molecular formula is C14H13ClN4O. The van der Waals surface area contributed by atoms with E-state index in [4.69, 9.17) is 11.6 Å². The van der Waals surface area contributed by atoms with Gasteiger partial charge < -0.3 is 5.32 Å². The van der Waals surface area contributed by atoms with E-state index in [9.17, 15) is 4.79 Å². The molecule has 102 valence electrons. The van der Waals surface area contributed by atoms with Crippen molar-refractivity contribution in [2.24, 2.45) is 0 Å². The molecule has 1 N–H and O–H groups in total. The van der Waals surface area contributed by atoms with Gasteiger partial charge >= 0.3 is 0 Å². The highest BCUT2D eigenvalue weighted by Gasteiger charge is 2.32. The Morgan fingerprint density at radius 3 is 3.20 bits per heavy atom. The molecule has 1 aliphatic heterocycles. The standard InChI is InChI=1S/C14H13ClN4O/c15-5-9-7-19-13(14(20)17-9)11-2-1-8-6-16-4-3-10(8)12(11)18-19/h3-4,6,9H,1-2,5,7H2,(H,17,20). The second-order valence-corrected chi connectivity index (χ2v) is 5.52. The van der Waals surface area contributed by atoms with Crippen LogP contribution in [0.3, 0.4) is 0 Å². The lowest BCUT2D eigenvalue weighted by molar-refractivity contribution is 0.0901.